The zero-order valence-corrected chi connectivity index (χ0v) is 11.4. The minimum Gasteiger partial charge on any atom is -0.483 e. The van der Waals surface area contributed by atoms with Crippen molar-refractivity contribution in [3.05, 3.63) is 29.6 Å². The van der Waals surface area contributed by atoms with Crippen molar-refractivity contribution in [1.29, 1.82) is 0 Å². The SMILES string of the molecule is O=C(COc1ccc(F)cc1CO)NC1CCCCC1. The van der Waals surface area contributed by atoms with Crippen LogP contribution < -0.4 is 10.1 Å². The zero-order chi connectivity index (χ0) is 14.4. The van der Waals surface area contributed by atoms with E-state index in [2.05, 4.69) is 5.32 Å². The maximum atomic E-state index is 13.0. The van der Waals surface area contributed by atoms with Gasteiger partial charge in [-0.3, -0.25) is 4.79 Å². The Morgan fingerprint density at radius 3 is 2.80 bits per heavy atom. The summed E-state index contributed by atoms with van der Waals surface area (Å²) in [7, 11) is 0. The van der Waals surface area contributed by atoms with Crippen LogP contribution in [0.3, 0.4) is 0 Å². The summed E-state index contributed by atoms with van der Waals surface area (Å²) in [5, 5.41) is 12.1. The molecule has 1 amide bonds. The van der Waals surface area contributed by atoms with Gasteiger partial charge in [-0.25, -0.2) is 4.39 Å². The number of nitrogens with one attached hydrogen (secondary N) is 1. The number of benzene rings is 1. The van der Waals surface area contributed by atoms with Gasteiger partial charge in [-0.05, 0) is 31.0 Å². The van der Waals surface area contributed by atoms with Crippen LogP contribution in [-0.4, -0.2) is 23.7 Å². The molecular weight excluding hydrogens is 261 g/mol. The molecular formula is C15H20FNO3. The van der Waals surface area contributed by atoms with Crippen molar-refractivity contribution < 1.29 is 19.0 Å². The van der Waals surface area contributed by atoms with E-state index in [4.69, 9.17) is 9.84 Å². The van der Waals surface area contributed by atoms with Crippen molar-refractivity contribution in [3.63, 3.8) is 0 Å². The Labute approximate surface area is 117 Å². The summed E-state index contributed by atoms with van der Waals surface area (Å²) in [5.41, 5.74) is 0.343. The Hall–Kier alpha value is -1.62. The summed E-state index contributed by atoms with van der Waals surface area (Å²) in [4.78, 5) is 11.8. The van der Waals surface area contributed by atoms with Gasteiger partial charge in [0.2, 0.25) is 0 Å². The summed E-state index contributed by atoms with van der Waals surface area (Å²) < 4.78 is 18.3. The highest BCUT2D eigenvalue weighted by Crippen LogP contribution is 2.20. The first-order chi connectivity index (χ1) is 9.69. The van der Waals surface area contributed by atoms with Crippen LogP contribution in [0.25, 0.3) is 0 Å². The van der Waals surface area contributed by atoms with Crippen molar-refractivity contribution in [2.75, 3.05) is 6.61 Å². The molecule has 0 aromatic heterocycles. The minimum absolute atomic E-state index is 0.116. The molecule has 2 rings (SSSR count). The first-order valence-electron chi connectivity index (χ1n) is 7.00. The molecule has 1 aliphatic carbocycles. The van der Waals surface area contributed by atoms with E-state index in [1.54, 1.807) is 0 Å². The third kappa shape index (κ3) is 4.20. The van der Waals surface area contributed by atoms with E-state index in [1.165, 1.54) is 24.6 Å². The van der Waals surface area contributed by atoms with E-state index in [9.17, 15) is 9.18 Å². The van der Waals surface area contributed by atoms with E-state index in [1.807, 2.05) is 0 Å². The highest BCUT2D eigenvalue weighted by Gasteiger charge is 2.16. The number of halogens is 1. The molecule has 0 spiro atoms. The third-order valence-corrected chi connectivity index (χ3v) is 3.52. The van der Waals surface area contributed by atoms with Crippen molar-refractivity contribution in [3.8, 4) is 5.75 Å². The molecule has 0 heterocycles. The van der Waals surface area contributed by atoms with Crippen LogP contribution in [0.5, 0.6) is 5.75 Å². The lowest BCUT2D eigenvalue weighted by molar-refractivity contribution is -0.124. The van der Waals surface area contributed by atoms with E-state index < -0.39 is 5.82 Å². The van der Waals surface area contributed by atoms with Crippen LogP contribution in [0.4, 0.5) is 4.39 Å². The van der Waals surface area contributed by atoms with Gasteiger partial charge in [-0.1, -0.05) is 19.3 Å². The topological polar surface area (TPSA) is 58.6 Å². The number of carbonyl (C=O) groups is 1. The molecule has 1 fully saturated rings. The number of aliphatic hydroxyl groups is 1. The van der Waals surface area contributed by atoms with Gasteiger partial charge >= 0.3 is 0 Å². The highest BCUT2D eigenvalue weighted by molar-refractivity contribution is 5.77. The molecule has 110 valence electrons. The fourth-order valence-corrected chi connectivity index (χ4v) is 2.47. The van der Waals surface area contributed by atoms with Crippen molar-refractivity contribution in [2.45, 2.75) is 44.8 Å². The highest BCUT2D eigenvalue weighted by atomic mass is 19.1. The van der Waals surface area contributed by atoms with Crippen molar-refractivity contribution >= 4 is 5.91 Å². The van der Waals surface area contributed by atoms with Crippen LogP contribution in [0.15, 0.2) is 18.2 Å². The summed E-state index contributed by atoms with van der Waals surface area (Å²) in [6.07, 6.45) is 5.57. The average Bonchev–Trinajstić information content (AvgIpc) is 2.47. The smallest absolute Gasteiger partial charge is 0.258 e. The second-order valence-electron chi connectivity index (χ2n) is 5.10. The van der Waals surface area contributed by atoms with Crippen molar-refractivity contribution in [2.24, 2.45) is 0 Å². The Bertz CT molecular complexity index is 458. The molecule has 0 saturated heterocycles. The maximum absolute atomic E-state index is 13.0. The predicted molar refractivity (Wildman–Crippen MR) is 72.8 cm³/mol. The molecule has 2 N–H and O–H groups in total. The van der Waals surface area contributed by atoms with Gasteiger partial charge in [0.1, 0.15) is 11.6 Å². The largest absolute Gasteiger partial charge is 0.483 e. The Morgan fingerprint density at radius 2 is 2.10 bits per heavy atom. The lowest BCUT2D eigenvalue weighted by Gasteiger charge is -2.22. The number of hydrogen-bond donors (Lipinski definition) is 2. The third-order valence-electron chi connectivity index (χ3n) is 3.52. The number of hydrogen-bond acceptors (Lipinski definition) is 3. The molecule has 0 atom stereocenters. The maximum Gasteiger partial charge on any atom is 0.258 e. The minimum atomic E-state index is -0.437. The summed E-state index contributed by atoms with van der Waals surface area (Å²) >= 11 is 0. The van der Waals surface area contributed by atoms with Crippen molar-refractivity contribution in [1.82, 2.24) is 5.32 Å². The van der Waals surface area contributed by atoms with Gasteiger partial charge < -0.3 is 15.2 Å². The monoisotopic (exact) mass is 281 g/mol. The second-order valence-corrected chi connectivity index (χ2v) is 5.10. The van der Waals surface area contributed by atoms with Crippen LogP contribution in [0.2, 0.25) is 0 Å². The number of ether oxygens (including phenoxy) is 1. The van der Waals surface area contributed by atoms with Gasteiger partial charge in [0.25, 0.3) is 5.91 Å². The summed E-state index contributed by atoms with van der Waals surface area (Å²) in [6, 6.07) is 4.11. The number of rotatable bonds is 5. The van der Waals surface area contributed by atoms with Gasteiger partial charge in [0.15, 0.2) is 6.61 Å². The Balaban J connectivity index is 1.83. The standard InChI is InChI=1S/C15H20FNO3/c16-12-6-7-14(11(8-12)9-18)20-10-15(19)17-13-4-2-1-3-5-13/h6-8,13,18H,1-5,9-10H2,(H,17,19). The molecule has 4 nitrogen and oxygen atoms in total. The fourth-order valence-electron chi connectivity index (χ4n) is 2.47. The normalized spacial score (nSPS) is 15.9. The van der Waals surface area contributed by atoms with E-state index >= 15 is 0 Å². The van der Waals surface area contributed by atoms with E-state index in [0.717, 1.165) is 25.7 Å². The number of aliphatic hydroxyl groups excluding tert-OH is 1. The lowest BCUT2D eigenvalue weighted by atomic mass is 9.95. The zero-order valence-electron chi connectivity index (χ0n) is 11.4. The van der Waals surface area contributed by atoms with Crippen LogP contribution in [0.1, 0.15) is 37.7 Å². The Kier molecular flexibility index (Phi) is 5.35. The van der Waals surface area contributed by atoms with Crippen LogP contribution >= 0.6 is 0 Å². The van der Waals surface area contributed by atoms with E-state index in [-0.39, 0.29) is 25.2 Å². The summed E-state index contributed by atoms with van der Waals surface area (Å²) in [5.74, 6) is -0.272. The molecule has 5 heteroatoms. The Morgan fingerprint density at radius 1 is 1.35 bits per heavy atom. The first-order valence-corrected chi connectivity index (χ1v) is 7.00. The fraction of sp³-hybridized carbons (Fsp3) is 0.533. The molecule has 0 aliphatic heterocycles. The quantitative estimate of drug-likeness (QED) is 0.869. The van der Waals surface area contributed by atoms with Gasteiger partial charge in [-0.15, -0.1) is 0 Å². The molecule has 1 aliphatic rings. The van der Waals surface area contributed by atoms with Gasteiger partial charge in [-0.2, -0.15) is 0 Å². The predicted octanol–water partition coefficient (Wildman–Crippen LogP) is 2.15. The van der Waals surface area contributed by atoms with Gasteiger partial charge in [0, 0.05) is 11.6 Å². The average molecular weight is 281 g/mol. The van der Waals surface area contributed by atoms with E-state index in [0.29, 0.717) is 11.3 Å². The molecule has 1 saturated carbocycles. The summed E-state index contributed by atoms with van der Waals surface area (Å²) in [6.45, 7) is -0.438. The molecule has 0 unspecified atom stereocenters. The van der Waals surface area contributed by atoms with Crippen LogP contribution in [0, 0.1) is 5.82 Å². The molecule has 1 aromatic carbocycles. The molecule has 0 radical (unpaired) electrons. The lowest BCUT2D eigenvalue weighted by Crippen LogP contribution is -2.39. The molecule has 1 aromatic rings. The van der Waals surface area contributed by atoms with Crippen LogP contribution in [-0.2, 0) is 11.4 Å². The second kappa shape index (κ2) is 7.24. The number of carbonyl (C=O) groups excluding carboxylic acids is 1. The first kappa shape index (κ1) is 14.8. The molecule has 20 heavy (non-hydrogen) atoms. The van der Waals surface area contributed by atoms with Gasteiger partial charge in [0.05, 0.1) is 6.61 Å². The number of amides is 1. The molecule has 0 bridgehead atoms.